The minimum atomic E-state index is -1.38. The van der Waals surface area contributed by atoms with Crippen LogP contribution in [-0.4, -0.2) is 43.2 Å². The van der Waals surface area contributed by atoms with Crippen molar-refractivity contribution in [2.75, 3.05) is 14.2 Å². The van der Waals surface area contributed by atoms with Gasteiger partial charge in [0.05, 0.1) is 26.2 Å². The van der Waals surface area contributed by atoms with Gasteiger partial charge in [-0.25, -0.2) is 4.79 Å². The minimum absolute atomic E-state index is 0.164. The molecule has 0 aliphatic rings. The van der Waals surface area contributed by atoms with Crippen molar-refractivity contribution in [2.24, 2.45) is 0 Å². The number of carbonyl (C=O) groups excluding carboxylic acids is 2. The third-order valence-corrected chi connectivity index (χ3v) is 3.10. The number of rotatable bonds is 6. The molecule has 0 unspecified atom stereocenters. The Bertz CT molecular complexity index is 560. The highest BCUT2D eigenvalue weighted by molar-refractivity contribution is 9.10. The Morgan fingerprint density at radius 2 is 2.00 bits per heavy atom. The highest BCUT2D eigenvalue weighted by Crippen LogP contribution is 2.23. The molecule has 1 aromatic rings. The summed E-state index contributed by atoms with van der Waals surface area (Å²) >= 11 is 3.24. The Morgan fingerprint density at radius 3 is 2.52 bits per heavy atom. The first-order valence-corrected chi connectivity index (χ1v) is 6.62. The summed E-state index contributed by atoms with van der Waals surface area (Å²) in [5, 5.41) is 11.3. The van der Waals surface area contributed by atoms with Crippen molar-refractivity contribution in [3.05, 3.63) is 28.2 Å². The molecule has 0 aromatic heterocycles. The summed E-state index contributed by atoms with van der Waals surface area (Å²) < 4.78 is 10.2. The fourth-order valence-corrected chi connectivity index (χ4v) is 1.88. The topological polar surface area (TPSA) is 102 Å². The van der Waals surface area contributed by atoms with Crippen molar-refractivity contribution >= 4 is 33.8 Å². The van der Waals surface area contributed by atoms with Gasteiger partial charge >= 0.3 is 11.9 Å². The van der Waals surface area contributed by atoms with E-state index in [9.17, 15) is 14.4 Å². The number of hydrogen-bond acceptors (Lipinski definition) is 5. The van der Waals surface area contributed by atoms with Crippen molar-refractivity contribution in [3.63, 3.8) is 0 Å². The van der Waals surface area contributed by atoms with Gasteiger partial charge in [-0.05, 0) is 18.2 Å². The van der Waals surface area contributed by atoms with Gasteiger partial charge in [0, 0.05) is 4.47 Å². The Balaban J connectivity index is 2.92. The molecule has 0 saturated carbocycles. The zero-order valence-electron chi connectivity index (χ0n) is 11.4. The van der Waals surface area contributed by atoms with Crippen LogP contribution in [0.5, 0.6) is 5.75 Å². The van der Waals surface area contributed by atoms with Crippen LogP contribution >= 0.6 is 15.9 Å². The van der Waals surface area contributed by atoms with Crippen molar-refractivity contribution in [2.45, 2.75) is 12.5 Å². The normalized spacial score (nSPS) is 11.4. The summed E-state index contributed by atoms with van der Waals surface area (Å²) in [6.45, 7) is 0. The van der Waals surface area contributed by atoms with Crippen LogP contribution in [0.15, 0.2) is 22.7 Å². The average Bonchev–Trinajstić information content (AvgIpc) is 2.45. The SMILES string of the molecule is COC(=O)C[C@H](NC(=O)c1ccc(Br)cc1OC)C(=O)O. The number of halogens is 1. The van der Waals surface area contributed by atoms with E-state index in [1.54, 1.807) is 12.1 Å². The molecule has 0 fully saturated rings. The standard InChI is InChI=1S/C13H14BrNO6/c1-20-10-5-7(14)3-4-8(10)12(17)15-9(13(18)19)6-11(16)21-2/h3-5,9H,6H2,1-2H3,(H,15,17)(H,18,19)/t9-/m0/s1. The zero-order valence-corrected chi connectivity index (χ0v) is 13.0. The largest absolute Gasteiger partial charge is 0.496 e. The number of hydrogen-bond donors (Lipinski definition) is 2. The van der Waals surface area contributed by atoms with E-state index in [1.165, 1.54) is 13.2 Å². The summed E-state index contributed by atoms with van der Waals surface area (Å²) in [6.07, 6.45) is -0.462. The number of ether oxygens (including phenoxy) is 2. The van der Waals surface area contributed by atoms with Gasteiger partial charge in [-0.1, -0.05) is 15.9 Å². The second-order valence-electron chi connectivity index (χ2n) is 3.99. The number of nitrogens with one attached hydrogen (secondary N) is 1. The molecule has 8 heteroatoms. The second-order valence-corrected chi connectivity index (χ2v) is 4.90. The molecular formula is C13H14BrNO6. The van der Waals surface area contributed by atoms with Crippen LogP contribution < -0.4 is 10.1 Å². The third kappa shape index (κ3) is 4.75. The molecule has 7 nitrogen and oxygen atoms in total. The number of carbonyl (C=O) groups is 3. The van der Waals surface area contributed by atoms with Gasteiger partial charge in [-0.3, -0.25) is 9.59 Å². The predicted molar refractivity (Wildman–Crippen MR) is 76.2 cm³/mol. The maximum atomic E-state index is 12.1. The van der Waals surface area contributed by atoms with Gasteiger partial charge in [-0.15, -0.1) is 0 Å². The first-order valence-electron chi connectivity index (χ1n) is 5.83. The van der Waals surface area contributed by atoms with Crippen LogP contribution in [-0.2, 0) is 14.3 Å². The number of aliphatic carboxylic acids is 1. The first kappa shape index (κ1) is 17.0. The molecule has 0 aliphatic carbocycles. The van der Waals surface area contributed by atoms with Crippen LogP contribution in [0.1, 0.15) is 16.8 Å². The van der Waals surface area contributed by atoms with Crippen molar-refractivity contribution in [1.29, 1.82) is 0 Å². The molecule has 2 N–H and O–H groups in total. The van der Waals surface area contributed by atoms with Gasteiger partial charge in [0.15, 0.2) is 0 Å². The summed E-state index contributed by atoms with van der Waals surface area (Å²) in [4.78, 5) is 34.3. The Kier molecular flexibility index (Phi) is 6.16. The number of benzene rings is 1. The van der Waals surface area contributed by atoms with Crippen molar-refractivity contribution < 1.29 is 29.0 Å². The summed E-state index contributed by atoms with van der Waals surface area (Å²) in [5.74, 6) is -2.44. The maximum absolute atomic E-state index is 12.1. The molecule has 1 rings (SSSR count). The summed E-state index contributed by atoms with van der Waals surface area (Å²) in [6, 6.07) is 3.30. The van der Waals surface area contributed by atoms with Crippen LogP contribution in [0.2, 0.25) is 0 Å². The lowest BCUT2D eigenvalue weighted by Gasteiger charge is -2.15. The van der Waals surface area contributed by atoms with E-state index < -0.39 is 30.3 Å². The third-order valence-electron chi connectivity index (χ3n) is 2.61. The lowest BCUT2D eigenvalue weighted by atomic mass is 10.1. The van der Waals surface area contributed by atoms with E-state index in [-0.39, 0.29) is 11.3 Å². The molecule has 0 radical (unpaired) electrons. The zero-order chi connectivity index (χ0) is 16.0. The first-order chi connectivity index (χ1) is 9.88. The van der Waals surface area contributed by atoms with Gasteiger partial charge in [-0.2, -0.15) is 0 Å². The number of amides is 1. The molecule has 1 aromatic carbocycles. The Morgan fingerprint density at radius 1 is 1.33 bits per heavy atom. The average molecular weight is 360 g/mol. The van der Waals surface area contributed by atoms with E-state index in [0.29, 0.717) is 4.47 Å². The Hall–Kier alpha value is -2.09. The van der Waals surface area contributed by atoms with E-state index in [1.807, 2.05) is 0 Å². The second kappa shape index (κ2) is 7.63. The van der Waals surface area contributed by atoms with E-state index >= 15 is 0 Å². The molecule has 0 saturated heterocycles. The van der Waals surface area contributed by atoms with Gasteiger partial charge < -0.3 is 19.9 Å². The highest BCUT2D eigenvalue weighted by atomic mass is 79.9. The fourth-order valence-electron chi connectivity index (χ4n) is 1.54. The van der Waals surface area contributed by atoms with E-state index in [2.05, 4.69) is 26.0 Å². The van der Waals surface area contributed by atoms with E-state index in [0.717, 1.165) is 7.11 Å². The molecule has 21 heavy (non-hydrogen) atoms. The molecule has 0 aliphatic heterocycles. The number of esters is 1. The quantitative estimate of drug-likeness (QED) is 0.740. The lowest BCUT2D eigenvalue weighted by Crippen LogP contribution is -2.42. The molecule has 114 valence electrons. The maximum Gasteiger partial charge on any atom is 0.326 e. The van der Waals surface area contributed by atoms with Crippen molar-refractivity contribution in [3.8, 4) is 5.75 Å². The van der Waals surface area contributed by atoms with Gasteiger partial charge in [0.1, 0.15) is 11.8 Å². The fraction of sp³-hybridized carbons (Fsp3) is 0.308. The number of carboxylic acids is 1. The van der Waals surface area contributed by atoms with E-state index in [4.69, 9.17) is 9.84 Å². The predicted octanol–water partition coefficient (Wildman–Crippen LogP) is 1.20. The lowest BCUT2D eigenvalue weighted by molar-refractivity contribution is -0.147. The monoisotopic (exact) mass is 359 g/mol. The number of carboxylic acid groups (broad SMARTS) is 1. The van der Waals surface area contributed by atoms with Crippen molar-refractivity contribution in [1.82, 2.24) is 5.32 Å². The molecule has 1 amide bonds. The van der Waals surface area contributed by atoms with Gasteiger partial charge in [0.25, 0.3) is 5.91 Å². The summed E-state index contributed by atoms with van der Waals surface area (Å²) in [7, 11) is 2.53. The molecule has 0 bridgehead atoms. The smallest absolute Gasteiger partial charge is 0.326 e. The minimum Gasteiger partial charge on any atom is -0.496 e. The highest BCUT2D eigenvalue weighted by Gasteiger charge is 2.25. The number of methoxy groups -OCH3 is 2. The molecule has 1 atom stereocenters. The molecule has 0 heterocycles. The summed E-state index contributed by atoms with van der Waals surface area (Å²) in [5.41, 5.74) is 0.164. The van der Waals surface area contributed by atoms with Crippen LogP contribution in [0.4, 0.5) is 0 Å². The van der Waals surface area contributed by atoms with Crippen LogP contribution in [0, 0.1) is 0 Å². The molecule has 0 spiro atoms. The Labute approximate surface area is 129 Å². The van der Waals surface area contributed by atoms with Crippen LogP contribution in [0.3, 0.4) is 0 Å². The van der Waals surface area contributed by atoms with Gasteiger partial charge in [0.2, 0.25) is 0 Å². The van der Waals surface area contributed by atoms with Crippen LogP contribution in [0.25, 0.3) is 0 Å². The molecular weight excluding hydrogens is 346 g/mol.